The van der Waals surface area contributed by atoms with Crippen LogP contribution in [0.2, 0.25) is 0 Å². The van der Waals surface area contributed by atoms with Gasteiger partial charge in [-0.3, -0.25) is 0 Å². The molecule has 3 aromatic carbocycles. The lowest BCUT2D eigenvalue weighted by molar-refractivity contribution is 0.207. The van der Waals surface area contributed by atoms with Crippen LogP contribution in [0.3, 0.4) is 0 Å². The molecule has 2 amide bonds. The van der Waals surface area contributed by atoms with E-state index in [4.69, 9.17) is 0 Å². The number of hydrogen-bond acceptors (Lipinski definition) is 3. The van der Waals surface area contributed by atoms with Crippen LogP contribution in [0.1, 0.15) is 35.4 Å². The maximum absolute atomic E-state index is 13.2. The number of fused-ring (bicyclic) bond motifs is 1. The predicted octanol–water partition coefficient (Wildman–Crippen LogP) is 6.12. The summed E-state index contributed by atoms with van der Waals surface area (Å²) in [6.07, 6.45) is 0. The van der Waals surface area contributed by atoms with E-state index in [9.17, 15) is 9.35 Å². The minimum absolute atomic E-state index is 0.0378. The van der Waals surface area contributed by atoms with E-state index in [1.54, 1.807) is 11.3 Å². The molecule has 6 heteroatoms. The van der Waals surface area contributed by atoms with Crippen LogP contribution in [0.5, 0.6) is 0 Å². The zero-order chi connectivity index (χ0) is 23.5. The molecule has 3 unspecified atom stereocenters. The zero-order valence-electron chi connectivity index (χ0n) is 19.1. The first-order valence-corrected chi connectivity index (χ1v) is 13.8. The number of hydrogen-bond donors (Lipinski definition) is 1. The van der Waals surface area contributed by atoms with Crippen LogP contribution in [0.25, 0.3) is 10.1 Å². The summed E-state index contributed by atoms with van der Waals surface area (Å²) in [5.74, 6) is 1.12. The van der Waals surface area contributed by atoms with Gasteiger partial charge in [0.15, 0.2) is 4.90 Å². The second kappa shape index (κ2) is 10.2. The van der Waals surface area contributed by atoms with E-state index in [2.05, 4.69) is 59.2 Å². The van der Waals surface area contributed by atoms with Crippen LogP contribution in [0, 0.1) is 0 Å². The molecule has 4 nitrogen and oxygen atoms in total. The minimum Gasteiger partial charge on any atom is -0.611 e. The van der Waals surface area contributed by atoms with Gasteiger partial charge in [0, 0.05) is 36.2 Å². The van der Waals surface area contributed by atoms with Gasteiger partial charge in [0.05, 0.1) is 0 Å². The minimum atomic E-state index is -0.959. The number of nitrogens with one attached hydrogen (secondary N) is 1. The largest absolute Gasteiger partial charge is 0.611 e. The van der Waals surface area contributed by atoms with Crippen molar-refractivity contribution in [2.24, 2.45) is 0 Å². The SMILES string of the molecule is CC[S+]([O-])c1ccc(CNC(=O)N2CC(c3ccccc3)C(c3csc4ccccc34)C2)cc1. The van der Waals surface area contributed by atoms with Crippen LogP contribution >= 0.6 is 11.3 Å². The summed E-state index contributed by atoms with van der Waals surface area (Å²) in [5.41, 5.74) is 3.62. The van der Waals surface area contributed by atoms with Crippen LogP contribution in [-0.4, -0.2) is 34.3 Å². The summed E-state index contributed by atoms with van der Waals surface area (Å²) in [6.45, 7) is 3.76. The van der Waals surface area contributed by atoms with Crippen molar-refractivity contribution in [2.75, 3.05) is 18.8 Å². The third kappa shape index (κ3) is 4.71. The Balaban J connectivity index is 1.33. The van der Waals surface area contributed by atoms with Crippen molar-refractivity contribution in [3.8, 4) is 0 Å². The van der Waals surface area contributed by atoms with Crippen molar-refractivity contribution in [3.63, 3.8) is 0 Å². The van der Waals surface area contributed by atoms with Gasteiger partial charge < -0.3 is 14.8 Å². The molecule has 0 aliphatic carbocycles. The topological polar surface area (TPSA) is 55.4 Å². The Bertz CT molecular complexity index is 1260. The molecule has 0 saturated carbocycles. The molecule has 174 valence electrons. The maximum Gasteiger partial charge on any atom is 0.317 e. The number of urea groups is 1. The monoisotopic (exact) mass is 488 g/mol. The van der Waals surface area contributed by atoms with E-state index < -0.39 is 11.2 Å². The fraction of sp³-hybridized carbons (Fsp3) is 0.250. The van der Waals surface area contributed by atoms with Crippen LogP contribution in [0.15, 0.2) is 89.1 Å². The Kier molecular flexibility index (Phi) is 6.90. The van der Waals surface area contributed by atoms with Crippen molar-refractivity contribution < 1.29 is 9.35 Å². The average Bonchev–Trinajstić information content (AvgIpc) is 3.52. The number of benzene rings is 3. The van der Waals surface area contributed by atoms with Crippen molar-refractivity contribution in [3.05, 3.63) is 101 Å². The highest BCUT2D eigenvalue weighted by atomic mass is 32.2. The zero-order valence-corrected chi connectivity index (χ0v) is 20.8. The summed E-state index contributed by atoms with van der Waals surface area (Å²) in [4.78, 5) is 15.9. The quantitative estimate of drug-likeness (QED) is 0.332. The van der Waals surface area contributed by atoms with Gasteiger partial charge in [0.2, 0.25) is 0 Å². The Morgan fingerprint density at radius 3 is 2.47 bits per heavy atom. The number of likely N-dealkylation sites (tertiary alicyclic amines) is 1. The molecule has 5 rings (SSSR count). The van der Waals surface area contributed by atoms with E-state index in [1.165, 1.54) is 21.2 Å². The molecule has 0 bridgehead atoms. The molecule has 1 fully saturated rings. The van der Waals surface area contributed by atoms with Crippen LogP contribution in [-0.2, 0) is 17.7 Å². The number of carbonyl (C=O) groups excluding carboxylic acids is 1. The van der Waals surface area contributed by atoms with E-state index in [0.717, 1.165) is 10.5 Å². The molecule has 0 radical (unpaired) electrons. The summed E-state index contributed by atoms with van der Waals surface area (Å²) in [6, 6.07) is 26.7. The molecular weight excluding hydrogens is 460 g/mol. The number of thiophene rings is 1. The second-order valence-electron chi connectivity index (χ2n) is 8.65. The van der Waals surface area contributed by atoms with Gasteiger partial charge in [-0.05, 0) is 63.8 Å². The van der Waals surface area contributed by atoms with E-state index in [-0.39, 0.29) is 17.9 Å². The normalized spacial score (nSPS) is 18.8. The fourth-order valence-corrected chi connectivity index (χ4v) is 6.62. The maximum atomic E-state index is 13.2. The first-order valence-electron chi connectivity index (χ1n) is 11.6. The molecule has 2 heterocycles. The standard InChI is InChI=1S/C28H28N2O2S2/c1-2-34(32)22-14-12-20(13-15-22)16-29-28(31)30-17-24(21-8-4-3-5-9-21)25(18-30)26-19-33-27-11-7-6-10-23(26)27/h3-15,19,24-25H,2,16-18H2,1H3,(H,29,31). The smallest absolute Gasteiger partial charge is 0.317 e. The molecular formula is C28H28N2O2S2. The summed E-state index contributed by atoms with van der Waals surface area (Å²) < 4.78 is 13.2. The highest BCUT2D eigenvalue weighted by Crippen LogP contribution is 2.43. The van der Waals surface area contributed by atoms with Gasteiger partial charge in [0.1, 0.15) is 5.75 Å². The predicted molar refractivity (Wildman–Crippen MR) is 141 cm³/mol. The first-order chi connectivity index (χ1) is 16.6. The molecule has 34 heavy (non-hydrogen) atoms. The van der Waals surface area contributed by atoms with Gasteiger partial charge in [0.25, 0.3) is 0 Å². The summed E-state index contributed by atoms with van der Waals surface area (Å²) >= 11 is 0.820. The first kappa shape index (κ1) is 23.0. The van der Waals surface area contributed by atoms with E-state index >= 15 is 0 Å². The van der Waals surface area contributed by atoms with Gasteiger partial charge in [-0.2, -0.15) is 0 Å². The molecule has 1 N–H and O–H groups in total. The summed E-state index contributed by atoms with van der Waals surface area (Å²) in [5, 5.41) is 6.66. The molecule has 3 atom stereocenters. The third-order valence-electron chi connectivity index (χ3n) is 6.64. The second-order valence-corrected chi connectivity index (χ2v) is 11.3. The Hall–Kier alpha value is -2.80. The van der Waals surface area contributed by atoms with Crippen LogP contribution in [0.4, 0.5) is 4.79 Å². The lowest BCUT2D eigenvalue weighted by Gasteiger charge is -2.18. The Morgan fingerprint density at radius 1 is 1.00 bits per heavy atom. The Labute approximate surface area is 207 Å². The molecule has 1 aromatic heterocycles. The molecule has 1 aliphatic rings. The number of carbonyl (C=O) groups is 1. The Morgan fingerprint density at radius 2 is 1.71 bits per heavy atom. The van der Waals surface area contributed by atoms with Gasteiger partial charge >= 0.3 is 6.03 Å². The van der Waals surface area contributed by atoms with Crippen LogP contribution < -0.4 is 5.32 Å². The average molecular weight is 489 g/mol. The van der Waals surface area contributed by atoms with E-state index in [0.29, 0.717) is 25.4 Å². The number of rotatable bonds is 6. The molecule has 1 aliphatic heterocycles. The van der Waals surface area contributed by atoms with Gasteiger partial charge in [-0.1, -0.05) is 60.7 Å². The van der Waals surface area contributed by atoms with Crippen molar-refractivity contribution in [1.29, 1.82) is 0 Å². The van der Waals surface area contributed by atoms with Gasteiger partial charge in [-0.15, -0.1) is 11.3 Å². The summed E-state index contributed by atoms with van der Waals surface area (Å²) in [7, 11) is 0. The van der Waals surface area contributed by atoms with Crippen molar-refractivity contribution in [2.45, 2.75) is 30.2 Å². The fourth-order valence-electron chi connectivity index (χ4n) is 4.82. The van der Waals surface area contributed by atoms with Gasteiger partial charge in [-0.25, -0.2) is 4.79 Å². The molecule has 4 aromatic rings. The van der Waals surface area contributed by atoms with Crippen molar-refractivity contribution >= 4 is 38.6 Å². The number of nitrogens with zero attached hydrogens (tertiary/aromatic N) is 1. The number of amides is 2. The molecule has 1 saturated heterocycles. The van der Waals surface area contributed by atoms with E-state index in [1.807, 2.05) is 42.2 Å². The lowest BCUT2D eigenvalue weighted by atomic mass is 9.84. The third-order valence-corrected chi connectivity index (χ3v) is 8.94. The molecule has 0 spiro atoms. The van der Waals surface area contributed by atoms with Crippen molar-refractivity contribution in [1.82, 2.24) is 10.2 Å². The highest BCUT2D eigenvalue weighted by molar-refractivity contribution is 7.91. The highest BCUT2D eigenvalue weighted by Gasteiger charge is 2.38. The lowest BCUT2D eigenvalue weighted by Crippen LogP contribution is -2.38.